The van der Waals surface area contributed by atoms with Crippen LogP contribution in [0.2, 0.25) is 0 Å². The molecule has 134 valence electrons. The molecule has 0 aliphatic carbocycles. The number of hydrogen-bond acceptors (Lipinski definition) is 6. The van der Waals surface area contributed by atoms with E-state index in [1.165, 1.54) is 30.8 Å². The topological polar surface area (TPSA) is 92.0 Å². The van der Waals surface area contributed by atoms with Crippen LogP contribution in [0.5, 0.6) is 0 Å². The van der Waals surface area contributed by atoms with Crippen LogP contribution in [-0.2, 0) is 6.18 Å². The lowest BCUT2D eigenvalue weighted by atomic mass is 10.2. The summed E-state index contributed by atoms with van der Waals surface area (Å²) in [6.07, 6.45) is -1.09. The summed E-state index contributed by atoms with van der Waals surface area (Å²) in [5, 5.41) is 15.9. The van der Waals surface area contributed by atoms with Crippen molar-refractivity contribution in [3.05, 3.63) is 65.9 Å². The van der Waals surface area contributed by atoms with Crippen molar-refractivity contribution in [2.45, 2.75) is 16.2 Å². The maximum Gasteiger partial charge on any atom is 0.416 e. The number of ketones is 1. The van der Waals surface area contributed by atoms with E-state index in [0.29, 0.717) is 0 Å². The molecular weight excluding hydrogens is 371 g/mol. The molecule has 10 heteroatoms. The van der Waals surface area contributed by atoms with E-state index in [-0.39, 0.29) is 21.4 Å². The third-order valence-corrected chi connectivity index (χ3v) is 4.17. The minimum Gasteiger partial charge on any atom is -0.504 e. The summed E-state index contributed by atoms with van der Waals surface area (Å²) in [5.74, 6) is -1.11. The maximum atomic E-state index is 12.8. The summed E-state index contributed by atoms with van der Waals surface area (Å²) in [7, 11) is 0. The lowest BCUT2D eigenvalue weighted by Crippen LogP contribution is -2.04. The van der Waals surface area contributed by atoms with Gasteiger partial charge in [0, 0.05) is 11.0 Å². The number of carbonyl (C=O) groups excluding carboxylic acids is 1. The molecular formula is C16H10F3N3O3S. The van der Waals surface area contributed by atoms with Crippen molar-refractivity contribution in [3.63, 3.8) is 0 Å². The third-order valence-electron chi connectivity index (χ3n) is 3.18. The predicted molar refractivity (Wildman–Crippen MR) is 85.6 cm³/mol. The van der Waals surface area contributed by atoms with Crippen molar-refractivity contribution in [3.8, 4) is 0 Å². The molecule has 26 heavy (non-hydrogen) atoms. The van der Waals surface area contributed by atoms with Crippen LogP contribution in [-0.4, -0.2) is 26.1 Å². The number of nitrogens with zero attached hydrogens (tertiary/aromatic N) is 2. The smallest absolute Gasteiger partial charge is 0.416 e. The number of alkyl halides is 3. The summed E-state index contributed by atoms with van der Waals surface area (Å²) >= 11 is 0.868. The van der Waals surface area contributed by atoms with E-state index in [0.717, 1.165) is 30.0 Å². The van der Waals surface area contributed by atoms with E-state index in [2.05, 4.69) is 15.2 Å². The van der Waals surface area contributed by atoms with E-state index < -0.39 is 23.3 Å². The summed E-state index contributed by atoms with van der Waals surface area (Å²) < 4.78 is 43.6. The molecule has 1 aromatic carbocycles. The number of benzene rings is 1. The van der Waals surface area contributed by atoms with E-state index in [9.17, 15) is 23.1 Å². The van der Waals surface area contributed by atoms with Gasteiger partial charge in [-0.2, -0.15) is 18.3 Å². The fourth-order valence-electron chi connectivity index (χ4n) is 2.00. The highest BCUT2D eigenvalue weighted by molar-refractivity contribution is 7.99. The molecule has 0 aliphatic rings. The van der Waals surface area contributed by atoms with Crippen molar-refractivity contribution in [2.75, 3.05) is 0 Å². The van der Waals surface area contributed by atoms with Crippen molar-refractivity contribution >= 4 is 23.3 Å². The molecule has 0 atom stereocenters. The molecule has 3 aromatic rings. The van der Waals surface area contributed by atoms with E-state index in [4.69, 9.17) is 4.42 Å². The number of nitrogens with one attached hydrogen (secondary N) is 1. The maximum absolute atomic E-state index is 12.8. The zero-order valence-corrected chi connectivity index (χ0v) is 13.6. The van der Waals surface area contributed by atoms with E-state index >= 15 is 0 Å². The van der Waals surface area contributed by atoms with Gasteiger partial charge in [0.15, 0.2) is 16.6 Å². The van der Waals surface area contributed by atoms with Gasteiger partial charge < -0.3 is 9.52 Å². The van der Waals surface area contributed by atoms with Crippen LogP contribution in [0.15, 0.2) is 63.4 Å². The van der Waals surface area contributed by atoms with E-state index in [1.54, 1.807) is 0 Å². The van der Waals surface area contributed by atoms with E-state index in [1.807, 2.05) is 0 Å². The number of aromatic amines is 1. The van der Waals surface area contributed by atoms with Gasteiger partial charge in [0.25, 0.3) is 0 Å². The van der Waals surface area contributed by atoms with Gasteiger partial charge in [0.2, 0.25) is 5.82 Å². The van der Waals surface area contributed by atoms with Crippen LogP contribution in [0.1, 0.15) is 21.7 Å². The molecule has 0 bridgehead atoms. The average Bonchev–Trinajstić information content (AvgIpc) is 3.26. The fourth-order valence-corrected chi connectivity index (χ4v) is 2.93. The monoisotopic (exact) mass is 381 g/mol. The van der Waals surface area contributed by atoms with Gasteiger partial charge in [0.05, 0.1) is 17.4 Å². The normalized spacial score (nSPS) is 12.3. The van der Waals surface area contributed by atoms with Gasteiger partial charge in [-0.25, -0.2) is 4.98 Å². The molecule has 0 saturated carbocycles. The Balaban J connectivity index is 1.83. The molecule has 3 rings (SSSR count). The number of aliphatic hydroxyl groups is 1. The Hall–Kier alpha value is -3.01. The number of rotatable bonds is 5. The first-order valence-electron chi connectivity index (χ1n) is 7.08. The van der Waals surface area contributed by atoms with Crippen LogP contribution >= 0.6 is 11.8 Å². The van der Waals surface area contributed by atoms with Gasteiger partial charge in [0.1, 0.15) is 6.33 Å². The van der Waals surface area contributed by atoms with Gasteiger partial charge in [-0.15, -0.1) is 0 Å². The first-order valence-corrected chi connectivity index (χ1v) is 7.90. The molecule has 0 radical (unpaired) electrons. The van der Waals surface area contributed by atoms with Gasteiger partial charge in [-0.05, 0) is 24.3 Å². The number of allylic oxidation sites excluding steroid dienone is 1. The number of aliphatic hydroxyl groups excluding tert-OH is 1. The second kappa shape index (κ2) is 7.08. The first-order chi connectivity index (χ1) is 12.3. The molecule has 0 spiro atoms. The number of aromatic nitrogens is 3. The molecule has 2 N–H and O–H groups in total. The van der Waals surface area contributed by atoms with Crippen LogP contribution in [0.3, 0.4) is 0 Å². The minimum absolute atomic E-state index is 0.0612. The zero-order chi connectivity index (χ0) is 18.7. The van der Waals surface area contributed by atoms with Gasteiger partial charge in [-0.3, -0.25) is 9.89 Å². The fraction of sp³-hybridized carbons (Fsp3) is 0.0625. The second-order valence-electron chi connectivity index (χ2n) is 4.97. The molecule has 0 saturated heterocycles. The quantitative estimate of drug-likeness (QED) is 0.388. The standard InChI is InChI=1S/C16H10F3N3O3S/c17-16(18,19)9-2-1-3-10(6-9)26-15-11(4-5-25-15)12(23)7-13(24)14-20-8-21-22-14/h1-8,24H,(H,20,21,22). The number of furan rings is 1. The van der Waals surface area contributed by atoms with Crippen molar-refractivity contribution in [2.24, 2.45) is 0 Å². The van der Waals surface area contributed by atoms with Crippen molar-refractivity contribution < 1.29 is 27.5 Å². The Morgan fingerprint density at radius 3 is 2.81 bits per heavy atom. The summed E-state index contributed by atoms with van der Waals surface area (Å²) in [4.78, 5) is 16.2. The van der Waals surface area contributed by atoms with Gasteiger partial charge in [-0.1, -0.05) is 17.8 Å². The Morgan fingerprint density at radius 2 is 2.12 bits per heavy atom. The van der Waals surface area contributed by atoms with Crippen molar-refractivity contribution in [1.29, 1.82) is 0 Å². The number of hydrogen-bond donors (Lipinski definition) is 2. The summed E-state index contributed by atoms with van der Waals surface area (Å²) in [5.41, 5.74) is -0.710. The molecule has 0 amide bonds. The Kier molecular flexibility index (Phi) is 4.85. The van der Waals surface area contributed by atoms with Crippen LogP contribution in [0.4, 0.5) is 13.2 Å². The highest BCUT2D eigenvalue weighted by Gasteiger charge is 2.30. The number of carbonyl (C=O) groups is 1. The third kappa shape index (κ3) is 3.97. The summed E-state index contributed by atoms with van der Waals surface area (Å²) in [6.45, 7) is 0. The van der Waals surface area contributed by atoms with Gasteiger partial charge >= 0.3 is 6.18 Å². The second-order valence-corrected chi connectivity index (χ2v) is 6.01. The number of H-pyrrole nitrogens is 1. The van der Waals surface area contributed by atoms with Crippen LogP contribution in [0.25, 0.3) is 5.76 Å². The minimum atomic E-state index is -4.47. The average molecular weight is 381 g/mol. The van der Waals surface area contributed by atoms with Crippen LogP contribution in [0, 0.1) is 0 Å². The summed E-state index contributed by atoms with van der Waals surface area (Å²) in [6, 6.07) is 6.01. The predicted octanol–water partition coefficient (Wildman–Crippen LogP) is 4.35. The SMILES string of the molecule is O=C(C=C(O)c1nc[nH]n1)c1ccoc1Sc1cccc(C(F)(F)F)c1. The van der Waals surface area contributed by atoms with Crippen molar-refractivity contribution in [1.82, 2.24) is 15.2 Å². The largest absolute Gasteiger partial charge is 0.504 e. The first kappa shape index (κ1) is 17.8. The highest BCUT2D eigenvalue weighted by atomic mass is 32.2. The lowest BCUT2D eigenvalue weighted by molar-refractivity contribution is -0.137. The highest BCUT2D eigenvalue weighted by Crippen LogP contribution is 2.36. The molecule has 0 unspecified atom stereocenters. The zero-order valence-electron chi connectivity index (χ0n) is 12.8. The molecule has 0 fully saturated rings. The molecule has 0 aliphatic heterocycles. The molecule has 6 nitrogen and oxygen atoms in total. The Labute approximate surface area is 148 Å². The molecule has 2 heterocycles. The van der Waals surface area contributed by atoms with Crippen LogP contribution < -0.4 is 0 Å². The lowest BCUT2D eigenvalue weighted by Gasteiger charge is -2.08. The Morgan fingerprint density at radius 1 is 1.31 bits per heavy atom. The number of halogens is 3. The molecule has 2 aromatic heterocycles. The Bertz CT molecular complexity index is 949.